The van der Waals surface area contributed by atoms with Crippen LogP contribution in [0.3, 0.4) is 0 Å². The van der Waals surface area contributed by atoms with Gasteiger partial charge < -0.3 is 10.2 Å². The highest BCUT2D eigenvalue weighted by Gasteiger charge is 2.19. The van der Waals surface area contributed by atoms with Crippen molar-refractivity contribution in [1.82, 2.24) is 14.9 Å². The molecule has 2 aromatic rings. The van der Waals surface area contributed by atoms with Gasteiger partial charge in [-0.2, -0.15) is 5.10 Å². The highest BCUT2D eigenvalue weighted by Crippen LogP contribution is 2.28. The number of nitrogens with one attached hydrogen (secondary N) is 2. The fourth-order valence-electron chi connectivity index (χ4n) is 2.88. The molecule has 0 bridgehead atoms. The third-order valence-corrected chi connectivity index (χ3v) is 6.67. The predicted octanol–water partition coefficient (Wildman–Crippen LogP) is 3.08. The van der Waals surface area contributed by atoms with Crippen LogP contribution in [0.2, 0.25) is 10.0 Å². The van der Waals surface area contributed by atoms with Crippen LogP contribution in [0.25, 0.3) is 0 Å². The minimum Gasteiger partial charge on any atom is -0.370 e. The van der Waals surface area contributed by atoms with Crippen LogP contribution in [-0.2, 0) is 10.0 Å². The second kappa shape index (κ2) is 8.60. The molecule has 1 aliphatic rings. The molecule has 27 heavy (non-hydrogen) atoms. The predicted molar refractivity (Wildman–Crippen MR) is 108 cm³/mol. The van der Waals surface area contributed by atoms with Crippen LogP contribution in [0.4, 0.5) is 11.5 Å². The van der Waals surface area contributed by atoms with Gasteiger partial charge in [-0.1, -0.05) is 23.2 Å². The van der Waals surface area contributed by atoms with Gasteiger partial charge in [0.1, 0.15) is 4.90 Å². The Bertz CT molecular complexity index is 918. The van der Waals surface area contributed by atoms with Crippen LogP contribution in [0.15, 0.2) is 29.3 Å². The standard InChI is InChI=1S/C17H21Cl2N5O2S/c1-12-8-16(15(19)10-14(12)18)27(25,26)22-5-4-20-17-9-13(11-21-23-17)24-6-2-3-7-24/h8-11,22H,2-7H2,1H3,(H,20,23). The van der Waals surface area contributed by atoms with Crippen molar-refractivity contribution in [2.75, 3.05) is 36.4 Å². The van der Waals surface area contributed by atoms with E-state index in [4.69, 9.17) is 23.2 Å². The molecule has 0 amide bonds. The van der Waals surface area contributed by atoms with E-state index in [1.54, 1.807) is 13.1 Å². The van der Waals surface area contributed by atoms with E-state index in [2.05, 4.69) is 25.1 Å². The molecule has 0 saturated carbocycles. The number of hydrogen-bond donors (Lipinski definition) is 2. The van der Waals surface area contributed by atoms with Crippen molar-refractivity contribution < 1.29 is 8.42 Å². The van der Waals surface area contributed by atoms with Crippen molar-refractivity contribution in [3.8, 4) is 0 Å². The zero-order valence-electron chi connectivity index (χ0n) is 14.9. The molecule has 0 aliphatic carbocycles. The number of sulfonamides is 1. The topological polar surface area (TPSA) is 87.2 Å². The number of benzene rings is 1. The Hall–Kier alpha value is -1.61. The first-order chi connectivity index (χ1) is 12.9. The molecule has 1 fully saturated rings. The summed E-state index contributed by atoms with van der Waals surface area (Å²) in [5.41, 5.74) is 1.67. The average molecular weight is 430 g/mol. The Morgan fingerprint density at radius 1 is 1.11 bits per heavy atom. The Balaban J connectivity index is 1.57. The van der Waals surface area contributed by atoms with Gasteiger partial charge in [0.2, 0.25) is 10.0 Å². The number of nitrogens with zero attached hydrogens (tertiary/aromatic N) is 3. The first-order valence-corrected chi connectivity index (χ1v) is 10.9. The molecule has 0 spiro atoms. The summed E-state index contributed by atoms with van der Waals surface area (Å²) in [4.78, 5) is 2.27. The largest absolute Gasteiger partial charge is 0.370 e. The summed E-state index contributed by atoms with van der Waals surface area (Å²) in [5, 5.41) is 11.7. The lowest BCUT2D eigenvalue weighted by molar-refractivity contribution is 0.583. The number of anilines is 2. The molecule has 3 rings (SSSR count). The van der Waals surface area contributed by atoms with E-state index in [1.165, 1.54) is 25.0 Å². The number of halogens is 2. The SMILES string of the molecule is Cc1cc(S(=O)(=O)NCCNc2cc(N3CCCC3)cnn2)c(Cl)cc1Cl. The van der Waals surface area contributed by atoms with Crippen LogP contribution in [0.1, 0.15) is 18.4 Å². The molecule has 2 N–H and O–H groups in total. The molecule has 1 aliphatic heterocycles. The van der Waals surface area contributed by atoms with Gasteiger partial charge in [0.05, 0.1) is 16.9 Å². The maximum absolute atomic E-state index is 12.5. The van der Waals surface area contributed by atoms with E-state index in [0.29, 0.717) is 22.9 Å². The lowest BCUT2D eigenvalue weighted by atomic mass is 10.2. The van der Waals surface area contributed by atoms with Gasteiger partial charge in [0, 0.05) is 37.3 Å². The number of aryl methyl sites for hydroxylation is 1. The minimum absolute atomic E-state index is 0.0156. The Morgan fingerprint density at radius 3 is 2.59 bits per heavy atom. The summed E-state index contributed by atoms with van der Waals surface area (Å²) in [6, 6.07) is 4.82. The molecule has 0 unspecified atom stereocenters. The first-order valence-electron chi connectivity index (χ1n) is 8.64. The smallest absolute Gasteiger partial charge is 0.242 e. The summed E-state index contributed by atoms with van der Waals surface area (Å²) in [5.74, 6) is 0.610. The summed E-state index contributed by atoms with van der Waals surface area (Å²) in [7, 11) is -3.73. The second-order valence-corrected chi connectivity index (χ2v) is 8.90. The van der Waals surface area contributed by atoms with Gasteiger partial charge in [-0.15, -0.1) is 5.10 Å². The lowest BCUT2D eigenvalue weighted by Crippen LogP contribution is -2.29. The van der Waals surface area contributed by atoms with Crippen LogP contribution in [0, 0.1) is 6.92 Å². The summed E-state index contributed by atoms with van der Waals surface area (Å²) >= 11 is 12.0. The normalized spacial score (nSPS) is 14.6. The van der Waals surface area contributed by atoms with E-state index in [9.17, 15) is 8.42 Å². The first kappa shape index (κ1) is 20.1. The van der Waals surface area contributed by atoms with Crippen molar-refractivity contribution in [2.24, 2.45) is 0 Å². The highest BCUT2D eigenvalue weighted by atomic mass is 35.5. The number of aromatic nitrogens is 2. The lowest BCUT2D eigenvalue weighted by Gasteiger charge is -2.17. The average Bonchev–Trinajstić information content (AvgIpc) is 3.17. The molecule has 0 radical (unpaired) electrons. The Kier molecular flexibility index (Phi) is 6.41. The Labute approximate surface area is 169 Å². The molecule has 146 valence electrons. The zero-order valence-corrected chi connectivity index (χ0v) is 17.2. The van der Waals surface area contributed by atoms with Gasteiger partial charge in [-0.05, 0) is 37.5 Å². The van der Waals surface area contributed by atoms with Crippen LogP contribution >= 0.6 is 23.2 Å². The minimum atomic E-state index is -3.73. The monoisotopic (exact) mass is 429 g/mol. The molecule has 1 aromatic heterocycles. The van der Waals surface area contributed by atoms with Crippen molar-refractivity contribution in [3.63, 3.8) is 0 Å². The molecule has 1 aromatic carbocycles. The van der Waals surface area contributed by atoms with Crippen LogP contribution in [0.5, 0.6) is 0 Å². The molecular weight excluding hydrogens is 409 g/mol. The molecule has 2 heterocycles. The van der Waals surface area contributed by atoms with Crippen molar-refractivity contribution in [1.29, 1.82) is 0 Å². The third kappa shape index (κ3) is 5.01. The van der Waals surface area contributed by atoms with E-state index in [-0.39, 0.29) is 16.5 Å². The van der Waals surface area contributed by atoms with Crippen molar-refractivity contribution in [2.45, 2.75) is 24.7 Å². The number of rotatable bonds is 7. The maximum atomic E-state index is 12.5. The third-order valence-electron chi connectivity index (χ3n) is 4.34. The summed E-state index contributed by atoms with van der Waals surface area (Å²) in [6.07, 6.45) is 4.10. The van der Waals surface area contributed by atoms with E-state index < -0.39 is 10.0 Å². The molecule has 10 heteroatoms. The van der Waals surface area contributed by atoms with Crippen molar-refractivity contribution in [3.05, 3.63) is 40.0 Å². The number of hydrogen-bond acceptors (Lipinski definition) is 6. The zero-order chi connectivity index (χ0) is 19.4. The van der Waals surface area contributed by atoms with Crippen LogP contribution in [-0.4, -0.2) is 44.8 Å². The molecular formula is C17H21Cl2N5O2S. The van der Waals surface area contributed by atoms with Crippen LogP contribution < -0.4 is 14.9 Å². The molecule has 7 nitrogen and oxygen atoms in total. The van der Waals surface area contributed by atoms with E-state index >= 15 is 0 Å². The van der Waals surface area contributed by atoms with Gasteiger partial charge >= 0.3 is 0 Å². The van der Waals surface area contributed by atoms with Gasteiger partial charge in [-0.3, -0.25) is 0 Å². The highest BCUT2D eigenvalue weighted by molar-refractivity contribution is 7.89. The van der Waals surface area contributed by atoms with Crippen molar-refractivity contribution >= 4 is 44.7 Å². The van der Waals surface area contributed by atoms with Gasteiger partial charge in [0.25, 0.3) is 0 Å². The molecule has 0 atom stereocenters. The fourth-order valence-corrected chi connectivity index (χ4v) is 4.74. The van der Waals surface area contributed by atoms with Gasteiger partial charge in [0.15, 0.2) is 5.82 Å². The Morgan fingerprint density at radius 2 is 1.85 bits per heavy atom. The maximum Gasteiger partial charge on any atom is 0.242 e. The summed E-state index contributed by atoms with van der Waals surface area (Å²) in [6.45, 7) is 4.31. The molecule has 1 saturated heterocycles. The van der Waals surface area contributed by atoms with E-state index in [0.717, 1.165) is 18.8 Å². The van der Waals surface area contributed by atoms with Gasteiger partial charge in [-0.25, -0.2) is 13.1 Å². The fraction of sp³-hybridized carbons (Fsp3) is 0.412. The quantitative estimate of drug-likeness (QED) is 0.657. The second-order valence-electron chi connectivity index (χ2n) is 6.35. The summed E-state index contributed by atoms with van der Waals surface area (Å²) < 4.78 is 27.4. The van der Waals surface area contributed by atoms with E-state index in [1.807, 2.05) is 6.07 Å².